The lowest BCUT2D eigenvalue weighted by Gasteiger charge is -2.33. The summed E-state index contributed by atoms with van der Waals surface area (Å²) in [4.78, 5) is 12.6. The SMILES string of the molecule is NC(c1ccccc1)(c1ccccc1)c1ccccc1-c1ncncn1. The van der Waals surface area contributed by atoms with E-state index < -0.39 is 5.54 Å². The van der Waals surface area contributed by atoms with Crippen LogP contribution in [0.1, 0.15) is 16.7 Å². The number of hydrogen-bond donors (Lipinski definition) is 1. The Morgan fingerprint density at radius 2 is 1.12 bits per heavy atom. The standard InChI is InChI=1S/C22H18N4/c23-22(17-9-3-1-4-10-17,18-11-5-2-6-12-18)20-14-8-7-13-19(20)21-25-15-24-16-26-21/h1-16H,23H2. The molecule has 4 heteroatoms. The summed E-state index contributed by atoms with van der Waals surface area (Å²) >= 11 is 0. The number of aromatic nitrogens is 3. The van der Waals surface area contributed by atoms with Gasteiger partial charge < -0.3 is 5.73 Å². The maximum atomic E-state index is 7.13. The lowest BCUT2D eigenvalue weighted by molar-refractivity contribution is 0.654. The van der Waals surface area contributed by atoms with Gasteiger partial charge in [0.05, 0.1) is 5.54 Å². The molecule has 0 unspecified atom stereocenters. The van der Waals surface area contributed by atoms with E-state index in [1.54, 1.807) is 0 Å². The fourth-order valence-electron chi connectivity index (χ4n) is 3.28. The summed E-state index contributed by atoms with van der Waals surface area (Å²) in [6.07, 6.45) is 3.00. The van der Waals surface area contributed by atoms with E-state index >= 15 is 0 Å². The van der Waals surface area contributed by atoms with Crippen LogP contribution in [0.4, 0.5) is 0 Å². The molecule has 0 aliphatic heterocycles. The largest absolute Gasteiger partial charge is 0.314 e. The summed E-state index contributed by atoms with van der Waals surface area (Å²) in [6.45, 7) is 0. The van der Waals surface area contributed by atoms with Gasteiger partial charge in [-0.05, 0) is 16.7 Å². The minimum Gasteiger partial charge on any atom is -0.314 e. The molecule has 0 radical (unpaired) electrons. The molecule has 126 valence electrons. The zero-order valence-electron chi connectivity index (χ0n) is 14.2. The molecule has 26 heavy (non-hydrogen) atoms. The average molecular weight is 338 g/mol. The molecule has 0 bridgehead atoms. The number of nitrogens with zero attached hydrogens (tertiary/aromatic N) is 3. The van der Waals surface area contributed by atoms with E-state index in [2.05, 4.69) is 39.2 Å². The van der Waals surface area contributed by atoms with Crippen LogP contribution in [0.5, 0.6) is 0 Å². The van der Waals surface area contributed by atoms with E-state index in [4.69, 9.17) is 5.73 Å². The molecule has 4 nitrogen and oxygen atoms in total. The number of hydrogen-bond acceptors (Lipinski definition) is 4. The normalized spacial score (nSPS) is 11.3. The van der Waals surface area contributed by atoms with Crippen LogP contribution in [0.2, 0.25) is 0 Å². The lowest BCUT2D eigenvalue weighted by Crippen LogP contribution is -2.39. The molecule has 0 fully saturated rings. The summed E-state index contributed by atoms with van der Waals surface area (Å²) in [5, 5.41) is 0. The molecular weight excluding hydrogens is 320 g/mol. The van der Waals surface area contributed by atoms with Crippen LogP contribution >= 0.6 is 0 Å². The van der Waals surface area contributed by atoms with Gasteiger partial charge in [-0.2, -0.15) is 0 Å². The highest BCUT2D eigenvalue weighted by Crippen LogP contribution is 2.38. The molecule has 3 aromatic carbocycles. The smallest absolute Gasteiger partial charge is 0.163 e. The molecule has 4 aromatic rings. The summed E-state index contributed by atoms with van der Waals surface area (Å²) < 4.78 is 0. The Morgan fingerprint density at radius 3 is 1.69 bits per heavy atom. The second-order valence-corrected chi connectivity index (χ2v) is 6.05. The van der Waals surface area contributed by atoms with Gasteiger partial charge in [-0.3, -0.25) is 0 Å². The first-order chi connectivity index (χ1) is 12.8. The summed E-state index contributed by atoms with van der Waals surface area (Å²) in [7, 11) is 0. The Kier molecular flexibility index (Phi) is 4.25. The maximum Gasteiger partial charge on any atom is 0.163 e. The van der Waals surface area contributed by atoms with Crippen LogP contribution in [0, 0.1) is 0 Å². The van der Waals surface area contributed by atoms with Gasteiger partial charge in [-0.1, -0.05) is 84.9 Å². The van der Waals surface area contributed by atoms with Crippen molar-refractivity contribution >= 4 is 0 Å². The first kappa shape index (κ1) is 16.1. The van der Waals surface area contributed by atoms with Gasteiger partial charge >= 0.3 is 0 Å². The molecule has 4 rings (SSSR count). The van der Waals surface area contributed by atoms with Gasteiger partial charge in [-0.15, -0.1) is 0 Å². The molecule has 0 atom stereocenters. The van der Waals surface area contributed by atoms with E-state index in [1.165, 1.54) is 12.7 Å². The molecule has 0 amide bonds. The van der Waals surface area contributed by atoms with Gasteiger partial charge in [-0.25, -0.2) is 15.0 Å². The Balaban J connectivity index is 2.01. The molecule has 0 saturated heterocycles. The number of rotatable bonds is 4. The fourth-order valence-corrected chi connectivity index (χ4v) is 3.28. The third-order valence-electron chi connectivity index (χ3n) is 4.54. The van der Waals surface area contributed by atoms with Crippen molar-refractivity contribution in [2.45, 2.75) is 5.54 Å². The van der Waals surface area contributed by atoms with Gasteiger partial charge in [0.1, 0.15) is 12.7 Å². The third kappa shape index (κ3) is 2.76. The van der Waals surface area contributed by atoms with Crippen LogP contribution in [0.3, 0.4) is 0 Å². The first-order valence-corrected chi connectivity index (χ1v) is 8.42. The van der Waals surface area contributed by atoms with E-state index in [0.29, 0.717) is 5.82 Å². The molecular formula is C22H18N4. The van der Waals surface area contributed by atoms with E-state index in [1.807, 2.05) is 60.7 Å². The zero-order valence-corrected chi connectivity index (χ0v) is 14.2. The maximum absolute atomic E-state index is 7.13. The van der Waals surface area contributed by atoms with Crippen molar-refractivity contribution in [3.05, 3.63) is 114 Å². The number of nitrogens with two attached hydrogens (primary N) is 1. The van der Waals surface area contributed by atoms with Crippen molar-refractivity contribution in [1.29, 1.82) is 0 Å². The summed E-state index contributed by atoms with van der Waals surface area (Å²) in [6, 6.07) is 28.2. The van der Waals surface area contributed by atoms with Crippen LogP contribution in [0.15, 0.2) is 97.6 Å². The van der Waals surface area contributed by atoms with Gasteiger partial charge in [0.2, 0.25) is 0 Å². The quantitative estimate of drug-likeness (QED) is 0.575. The average Bonchev–Trinajstić information content (AvgIpc) is 2.75. The molecule has 0 spiro atoms. The van der Waals surface area contributed by atoms with Crippen molar-refractivity contribution in [3.63, 3.8) is 0 Å². The van der Waals surface area contributed by atoms with Gasteiger partial charge in [0.25, 0.3) is 0 Å². The van der Waals surface area contributed by atoms with E-state index in [-0.39, 0.29) is 0 Å². The van der Waals surface area contributed by atoms with Crippen LogP contribution < -0.4 is 5.73 Å². The minimum atomic E-state index is -0.828. The van der Waals surface area contributed by atoms with Crippen molar-refractivity contribution in [3.8, 4) is 11.4 Å². The Hall–Kier alpha value is -3.37. The monoisotopic (exact) mass is 338 g/mol. The highest BCUT2D eigenvalue weighted by molar-refractivity contribution is 5.66. The van der Waals surface area contributed by atoms with Crippen LogP contribution in [-0.2, 0) is 5.54 Å². The minimum absolute atomic E-state index is 0.609. The molecule has 0 saturated carbocycles. The highest BCUT2D eigenvalue weighted by Gasteiger charge is 2.34. The topological polar surface area (TPSA) is 64.7 Å². The third-order valence-corrected chi connectivity index (χ3v) is 4.54. The predicted molar refractivity (Wildman–Crippen MR) is 102 cm³/mol. The highest BCUT2D eigenvalue weighted by atomic mass is 15.0. The van der Waals surface area contributed by atoms with Crippen LogP contribution in [-0.4, -0.2) is 15.0 Å². The van der Waals surface area contributed by atoms with Crippen molar-refractivity contribution < 1.29 is 0 Å². The summed E-state index contributed by atoms with van der Waals surface area (Å²) in [5.74, 6) is 0.609. The second-order valence-electron chi connectivity index (χ2n) is 6.05. The molecule has 0 aliphatic carbocycles. The van der Waals surface area contributed by atoms with Gasteiger partial charge in [0.15, 0.2) is 5.82 Å². The van der Waals surface area contributed by atoms with E-state index in [0.717, 1.165) is 22.3 Å². The Bertz CT molecular complexity index is 947. The molecule has 2 N–H and O–H groups in total. The molecule has 1 aromatic heterocycles. The van der Waals surface area contributed by atoms with Crippen LogP contribution in [0.25, 0.3) is 11.4 Å². The lowest BCUT2D eigenvalue weighted by atomic mass is 9.76. The Morgan fingerprint density at radius 1 is 0.615 bits per heavy atom. The molecule has 1 heterocycles. The zero-order chi connectivity index (χ0) is 17.8. The van der Waals surface area contributed by atoms with Crippen molar-refractivity contribution in [2.75, 3.05) is 0 Å². The summed E-state index contributed by atoms with van der Waals surface area (Å²) in [5.41, 5.74) is 10.2. The van der Waals surface area contributed by atoms with Crippen molar-refractivity contribution in [2.24, 2.45) is 5.73 Å². The number of benzene rings is 3. The fraction of sp³-hybridized carbons (Fsp3) is 0.0455. The molecule has 0 aliphatic rings. The van der Waals surface area contributed by atoms with E-state index in [9.17, 15) is 0 Å². The Labute approximate surface area is 152 Å². The second kappa shape index (κ2) is 6.86. The van der Waals surface area contributed by atoms with Gasteiger partial charge in [0, 0.05) is 5.56 Å². The predicted octanol–water partition coefficient (Wildman–Crippen LogP) is 3.79. The van der Waals surface area contributed by atoms with Crippen molar-refractivity contribution in [1.82, 2.24) is 15.0 Å². The first-order valence-electron chi connectivity index (χ1n) is 8.42.